The standard InChI is InChI=1S/C11H9ClFNO3/c1-4(14)9-8(12)6-2-5(13)3-7(11(15)16)10(6)17-9/h2-4H,14H2,1H3,(H,15,16). The lowest BCUT2D eigenvalue weighted by Crippen LogP contribution is -2.03. The first-order valence-corrected chi connectivity index (χ1v) is 5.20. The van der Waals surface area contributed by atoms with Gasteiger partial charge in [-0.2, -0.15) is 0 Å². The van der Waals surface area contributed by atoms with Crippen molar-refractivity contribution in [3.8, 4) is 0 Å². The number of benzene rings is 1. The average Bonchev–Trinajstić information content (AvgIpc) is 2.55. The quantitative estimate of drug-likeness (QED) is 0.867. The highest BCUT2D eigenvalue weighted by Gasteiger charge is 2.21. The van der Waals surface area contributed by atoms with Crippen molar-refractivity contribution < 1.29 is 18.7 Å². The highest BCUT2D eigenvalue weighted by molar-refractivity contribution is 6.36. The van der Waals surface area contributed by atoms with Crippen LogP contribution in [0.5, 0.6) is 0 Å². The maximum Gasteiger partial charge on any atom is 0.339 e. The van der Waals surface area contributed by atoms with Gasteiger partial charge in [0, 0.05) is 5.39 Å². The Balaban J connectivity index is 2.86. The predicted molar refractivity (Wildman–Crippen MR) is 60.7 cm³/mol. The first kappa shape index (κ1) is 11.9. The summed E-state index contributed by atoms with van der Waals surface area (Å²) in [7, 11) is 0. The van der Waals surface area contributed by atoms with Crippen molar-refractivity contribution in [2.24, 2.45) is 5.73 Å². The van der Waals surface area contributed by atoms with Gasteiger partial charge in [0.05, 0.1) is 11.1 Å². The minimum atomic E-state index is -1.28. The van der Waals surface area contributed by atoms with E-state index in [4.69, 9.17) is 26.9 Å². The molecule has 0 saturated carbocycles. The molecule has 3 N–H and O–H groups in total. The number of hydrogen-bond donors (Lipinski definition) is 2. The number of carboxylic acids is 1. The Hall–Kier alpha value is -1.59. The summed E-state index contributed by atoms with van der Waals surface area (Å²) in [5.74, 6) is -1.72. The van der Waals surface area contributed by atoms with Gasteiger partial charge in [-0.15, -0.1) is 0 Å². The number of furan rings is 1. The first-order valence-electron chi connectivity index (χ1n) is 4.82. The monoisotopic (exact) mass is 257 g/mol. The van der Waals surface area contributed by atoms with E-state index in [0.29, 0.717) is 0 Å². The summed E-state index contributed by atoms with van der Waals surface area (Å²) in [5.41, 5.74) is 5.39. The molecular weight excluding hydrogens is 249 g/mol. The fourth-order valence-electron chi connectivity index (χ4n) is 1.61. The Bertz CT molecular complexity index is 606. The number of hydrogen-bond acceptors (Lipinski definition) is 3. The van der Waals surface area contributed by atoms with E-state index in [-0.39, 0.29) is 27.3 Å². The summed E-state index contributed by atoms with van der Waals surface area (Å²) in [5, 5.41) is 9.31. The Labute approximate surface area is 101 Å². The zero-order valence-corrected chi connectivity index (χ0v) is 9.58. The van der Waals surface area contributed by atoms with Crippen LogP contribution in [0.1, 0.15) is 29.1 Å². The zero-order valence-electron chi connectivity index (χ0n) is 8.83. The number of halogens is 2. The summed E-state index contributed by atoms with van der Waals surface area (Å²) in [6, 6.07) is 1.51. The summed E-state index contributed by atoms with van der Waals surface area (Å²) < 4.78 is 18.6. The molecular formula is C11H9ClFNO3. The second-order valence-corrected chi connectivity index (χ2v) is 4.08. The topological polar surface area (TPSA) is 76.5 Å². The second-order valence-electron chi connectivity index (χ2n) is 3.70. The average molecular weight is 258 g/mol. The molecule has 1 aromatic heterocycles. The normalized spacial score (nSPS) is 12.9. The van der Waals surface area contributed by atoms with E-state index in [1.165, 1.54) is 0 Å². The number of aromatic carboxylic acids is 1. The third-order valence-corrected chi connectivity index (χ3v) is 2.75. The summed E-state index contributed by atoms with van der Waals surface area (Å²) in [6.07, 6.45) is 0. The van der Waals surface area contributed by atoms with Crippen LogP contribution in [0.2, 0.25) is 5.02 Å². The molecule has 17 heavy (non-hydrogen) atoms. The van der Waals surface area contributed by atoms with Crippen LogP contribution in [-0.4, -0.2) is 11.1 Å². The minimum absolute atomic E-state index is 0.0381. The molecule has 6 heteroatoms. The lowest BCUT2D eigenvalue weighted by molar-refractivity contribution is 0.0697. The number of nitrogens with two attached hydrogens (primary N) is 1. The smallest absolute Gasteiger partial charge is 0.339 e. The molecule has 1 aromatic carbocycles. The van der Waals surface area contributed by atoms with Crippen LogP contribution in [0, 0.1) is 5.82 Å². The van der Waals surface area contributed by atoms with Gasteiger partial charge in [-0.05, 0) is 19.1 Å². The molecule has 90 valence electrons. The third kappa shape index (κ3) is 1.87. The van der Waals surface area contributed by atoms with Crippen LogP contribution < -0.4 is 5.73 Å². The molecule has 0 aliphatic heterocycles. The van der Waals surface area contributed by atoms with Gasteiger partial charge in [0.25, 0.3) is 0 Å². The maximum atomic E-state index is 13.3. The number of rotatable bonds is 2. The SMILES string of the molecule is CC(N)c1oc2c(C(=O)O)cc(F)cc2c1Cl. The van der Waals surface area contributed by atoms with E-state index in [1.807, 2.05) is 0 Å². The van der Waals surface area contributed by atoms with Crippen molar-refractivity contribution in [1.29, 1.82) is 0 Å². The summed E-state index contributed by atoms with van der Waals surface area (Å²) in [4.78, 5) is 11.0. The van der Waals surface area contributed by atoms with E-state index in [9.17, 15) is 9.18 Å². The molecule has 2 rings (SSSR count). The number of carbonyl (C=O) groups is 1. The lowest BCUT2D eigenvalue weighted by atomic mass is 10.1. The Morgan fingerprint density at radius 2 is 2.24 bits per heavy atom. The molecule has 0 aliphatic rings. The summed E-state index contributed by atoms with van der Waals surface area (Å²) >= 11 is 5.97. The van der Waals surface area contributed by atoms with Gasteiger partial charge in [-0.1, -0.05) is 11.6 Å². The first-order chi connectivity index (χ1) is 7.91. The van der Waals surface area contributed by atoms with Crippen molar-refractivity contribution in [2.45, 2.75) is 13.0 Å². The van der Waals surface area contributed by atoms with E-state index >= 15 is 0 Å². The largest absolute Gasteiger partial charge is 0.478 e. The van der Waals surface area contributed by atoms with E-state index < -0.39 is 17.8 Å². The molecule has 0 spiro atoms. The van der Waals surface area contributed by atoms with Gasteiger partial charge in [-0.3, -0.25) is 0 Å². The van der Waals surface area contributed by atoms with Crippen molar-refractivity contribution in [3.05, 3.63) is 34.3 Å². The highest BCUT2D eigenvalue weighted by atomic mass is 35.5. The van der Waals surface area contributed by atoms with Crippen molar-refractivity contribution in [2.75, 3.05) is 0 Å². The van der Waals surface area contributed by atoms with E-state index in [1.54, 1.807) is 6.92 Å². The molecule has 0 saturated heterocycles. The van der Waals surface area contributed by atoms with Gasteiger partial charge in [0.1, 0.15) is 17.1 Å². The van der Waals surface area contributed by atoms with Crippen LogP contribution in [0.4, 0.5) is 4.39 Å². The molecule has 1 unspecified atom stereocenters. The fourth-order valence-corrected chi connectivity index (χ4v) is 1.96. The van der Waals surface area contributed by atoms with Crippen molar-refractivity contribution in [3.63, 3.8) is 0 Å². The van der Waals surface area contributed by atoms with Crippen molar-refractivity contribution >= 4 is 28.5 Å². The highest BCUT2D eigenvalue weighted by Crippen LogP contribution is 2.35. The minimum Gasteiger partial charge on any atom is -0.478 e. The second kappa shape index (κ2) is 4.01. The molecule has 2 aromatic rings. The molecule has 0 aliphatic carbocycles. The van der Waals surface area contributed by atoms with Crippen molar-refractivity contribution in [1.82, 2.24) is 0 Å². The summed E-state index contributed by atoms with van der Waals surface area (Å²) in [6.45, 7) is 1.64. The van der Waals surface area contributed by atoms with Crippen LogP contribution in [-0.2, 0) is 0 Å². The fraction of sp³-hybridized carbons (Fsp3) is 0.182. The van der Waals surface area contributed by atoms with Gasteiger partial charge >= 0.3 is 5.97 Å². The Kier molecular flexibility index (Phi) is 2.81. The zero-order chi connectivity index (χ0) is 12.7. The molecule has 0 amide bonds. The molecule has 1 atom stereocenters. The van der Waals surface area contributed by atoms with Crippen LogP contribution in [0.3, 0.4) is 0 Å². The van der Waals surface area contributed by atoms with E-state index in [0.717, 1.165) is 12.1 Å². The number of fused-ring (bicyclic) bond motifs is 1. The van der Waals surface area contributed by atoms with Gasteiger partial charge in [0.2, 0.25) is 0 Å². The molecule has 4 nitrogen and oxygen atoms in total. The number of carboxylic acid groups (broad SMARTS) is 1. The van der Waals surface area contributed by atoms with Crippen LogP contribution in [0.25, 0.3) is 11.0 Å². The molecule has 0 radical (unpaired) electrons. The van der Waals surface area contributed by atoms with E-state index in [2.05, 4.69) is 0 Å². The Morgan fingerprint density at radius 1 is 1.59 bits per heavy atom. The maximum absolute atomic E-state index is 13.3. The van der Waals surface area contributed by atoms with Gasteiger partial charge in [0.15, 0.2) is 5.58 Å². The third-order valence-electron chi connectivity index (χ3n) is 2.36. The lowest BCUT2D eigenvalue weighted by Gasteiger charge is -1.99. The van der Waals surface area contributed by atoms with Crippen LogP contribution in [0.15, 0.2) is 16.5 Å². The van der Waals surface area contributed by atoms with Crippen LogP contribution >= 0.6 is 11.6 Å². The molecule has 0 bridgehead atoms. The Morgan fingerprint density at radius 3 is 2.76 bits per heavy atom. The molecule has 0 fully saturated rings. The molecule has 1 heterocycles. The van der Waals surface area contributed by atoms with Gasteiger partial charge in [-0.25, -0.2) is 9.18 Å². The van der Waals surface area contributed by atoms with Gasteiger partial charge < -0.3 is 15.3 Å². The predicted octanol–water partition coefficient (Wildman–Crippen LogP) is 2.94.